The van der Waals surface area contributed by atoms with E-state index in [1.54, 1.807) is 6.07 Å². The standard InChI is InChI=1S/C26H35FN4O2/c1-20(26(32)28-22-7-9-23(10-8-22)31-12-4-3-5-13-31)30-16-14-29(15-17-30)19-21-6-11-25(33-2)24(27)18-21/h6-11,18,20H,3-5,12-17,19H2,1-2H3,(H,28,32)/t20-/m0/s1. The molecule has 2 aliphatic rings. The summed E-state index contributed by atoms with van der Waals surface area (Å²) in [6, 6.07) is 13.1. The zero-order valence-electron chi connectivity index (χ0n) is 19.7. The number of piperidine rings is 1. The maximum atomic E-state index is 14.0. The van der Waals surface area contributed by atoms with Gasteiger partial charge in [-0.05, 0) is 68.1 Å². The fourth-order valence-corrected chi connectivity index (χ4v) is 4.70. The fourth-order valence-electron chi connectivity index (χ4n) is 4.70. The van der Waals surface area contributed by atoms with Gasteiger partial charge in [0.25, 0.3) is 0 Å². The van der Waals surface area contributed by atoms with Crippen LogP contribution in [0.25, 0.3) is 0 Å². The lowest BCUT2D eigenvalue weighted by molar-refractivity contribution is -0.121. The summed E-state index contributed by atoms with van der Waals surface area (Å²) >= 11 is 0. The zero-order valence-corrected chi connectivity index (χ0v) is 19.7. The van der Waals surface area contributed by atoms with Gasteiger partial charge >= 0.3 is 0 Å². The highest BCUT2D eigenvalue weighted by atomic mass is 19.1. The summed E-state index contributed by atoms with van der Waals surface area (Å²) in [7, 11) is 1.47. The van der Waals surface area contributed by atoms with Crippen LogP contribution in [-0.2, 0) is 11.3 Å². The number of ether oxygens (including phenoxy) is 1. The van der Waals surface area contributed by atoms with Crippen LogP contribution in [0.2, 0.25) is 0 Å². The van der Waals surface area contributed by atoms with Crippen molar-refractivity contribution in [3.8, 4) is 5.75 Å². The quantitative estimate of drug-likeness (QED) is 0.686. The fraction of sp³-hybridized carbons (Fsp3) is 0.500. The number of halogens is 1. The first-order chi connectivity index (χ1) is 16.0. The third-order valence-electron chi connectivity index (χ3n) is 6.81. The second-order valence-corrected chi connectivity index (χ2v) is 9.04. The van der Waals surface area contributed by atoms with E-state index in [4.69, 9.17) is 4.74 Å². The minimum atomic E-state index is -0.331. The summed E-state index contributed by atoms with van der Waals surface area (Å²) in [5.41, 5.74) is 3.00. The number of carbonyl (C=O) groups excluding carboxylic acids is 1. The van der Waals surface area contributed by atoms with Crippen LogP contribution in [0.15, 0.2) is 42.5 Å². The van der Waals surface area contributed by atoms with Crippen LogP contribution >= 0.6 is 0 Å². The monoisotopic (exact) mass is 454 g/mol. The Kier molecular flexibility index (Phi) is 7.83. The van der Waals surface area contributed by atoms with E-state index in [1.165, 1.54) is 38.1 Å². The second kappa shape index (κ2) is 11.0. The van der Waals surface area contributed by atoms with Gasteiger partial charge in [-0.2, -0.15) is 0 Å². The molecule has 0 aromatic heterocycles. The number of hydrogen-bond acceptors (Lipinski definition) is 5. The molecule has 2 fully saturated rings. The number of nitrogens with zero attached hydrogens (tertiary/aromatic N) is 3. The van der Waals surface area contributed by atoms with E-state index in [0.717, 1.165) is 50.5 Å². The second-order valence-electron chi connectivity index (χ2n) is 9.04. The predicted octanol–water partition coefficient (Wildman–Crippen LogP) is 3.97. The highest BCUT2D eigenvalue weighted by Gasteiger charge is 2.26. The van der Waals surface area contributed by atoms with Gasteiger partial charge < -0.3 is 15.0 Å². The van der Waals surface area contributed by atoms with Gasteiger partial charge in [0.2, 0.25) is 5.91 Å². The normalized spacial score (nSPS) is 18.7. The number of carbonyl (C=O) groups is 1. The third-order valence-corrected chi connectivity index (χ3v) is 6.81. The van der Waals surface area contributed by atoms with Crippen LogP contribution in [-0.4, -0.2) is 68.1 Å². The van der Waals surface area contributed by atoms with E-state index in [0.29, 0.717) is 6.54 Å². The van der Waals surface area contributed by atoms with Gasteiger partial charge in [0, 0.05) is 57.2 Å². The number of rotatable bonds is 7. The molecule has 2 aliphatic heterocycles. The Labute approximate surface area is 196 Å². The SMILES string of the molecule is COc1ccc(CN2CCN([C@@H](C)C(=O)Nc3ccc(N4CCCCC4)cc3)CC2)cc1F. The number of hydrogen-bond donors (Lipinski definition) is 1. The smallest absolute Gasteiger partial charge is 0.241 e. The molecule has 2 aromatic carbocycles. The number of amides is 1. The van der Waals surface area contributed by atoms with E-state index >= 15 is 0 Å². The molecule has 7 heteroatoms. The summed E-state index contributed by atoms with van der Waals surface area (Å²) in [4.78, 5) is 19.8. The van der Waals surface area contributed by atoms with E-state index in [1.807, 2.05) is 25.1 Å². The van der Waals surface area contributed by atoms with Gasteiger partial charge in [0.05, 0.1) is 13.2 Å². The molecular formula is C26H35FN4O2. The first-order valence-corrected chi connectivity index (χ1v) is 12.0. The molecule has 1 N–H and O–H groups in total. The van der Waals surface area contributed by atoms with Crippen molar-refractivity contribution in [2.75, 3.05) is 56.6 Å². The first kappa shape index (κ1) is 23.5. The van der Waals surface area contributed by atoms with Crippen LogP contribution in [0.5, 0.6) is 5.75 Å². The third kappa shape index (κ3) is 6.03. The van der Waals surface area contributed by atoms with Gasteiger partial charge in [-0.15, -0.1) is 0 Å². The molecule has 2 heterocycles. The number of piperazine rings is 1. The minimum Gasteiger partial charge on any atom is -0.494 e. The maximum Gasteiger partial charge on any atom is 0.241 e. The molecule has 0 radical (unpaired) electrons. The topological polar surface area (TPSA) is 48.1 Å². The lowest BCUT2D eigenvalue weighted by Crippen LogP contribution is -2.52. The van der Waals surface area contributed by atoms with E-state index < -0.39 is 0 Å². The summed E-state index contributed by atoms with van der Waals surface area (Å²) in [6.07, 6.45) is 3.82. The predicted molar refractivity (Wildman–Crippen MR) is 130 cm³/mol. The Bertz CT molecular complexity index is 922. The molecule has 178 valence electrons. The van der Waals surface area contributed by atoms with Crippen LogP contribution in [0.4, 0.5) is 15.8 Å². The number of anilines is 2. The molecule has 1 atom stereocenters. The lowest BCUT2D eigenvalue weighted by atomic mass is 10.1. The summed E-state index contributed by atoms with van der Waals surface area (Å²) in [5.74, 6) is -0.0428. The average Bonchev–Trinajstić information content (AvgIpc) is 2.85. The Balaban J connectivity index is 1.24. The van der Waals surface area contributed by atoms with E-state index in [9.17, 15) is 9.18 Å². The molecule has 2 saturated heterocycles. The molecule has 2 aromatic rings. The molecule has 6 nitrogen and oxygen atoms in total. The number of methoxy groups -OCH3 is 1. The highest BCUT2D eigenvalue weighted by Crippen LogP contribution is 2.23. The van der Waals surface area contributed by atoms with Crippen LogP contribution < -0.4 is 15.0 Å². The van der Waals surface area contributed by atoms with Crippen molar-refractivity contribution < 1.29 is 13.9 Å². The van der Waals surface area contributed by atoms with Crippen molar-refractivity contribution in [3.63, 3.8) is 0 Å². The van der Waals surface area contributed by atoms with Crippen molar-refractivity contribution >= 4 is 17.3 Å². The van der Waals surface area contributed by atoms with Gasteiger partial charge in [-0.3, -0.25) is 14.6 Å². The Hall–Kier alpha value is -2.64. The molecule has 0 aliphatic carbocycles. The Morgan fingerprint density at radius 1 is 1.00 bits per heavy atom. The molecule has 4 rings (SSSR count). The van der Waals surface area contributed by atoms with Gasteiger partial charge in [-0.1, -0.05) is 6.07 Å². The average molecular weight is 455 g/mol. The minimum absolute atomic E-state index is 0.0198. The molecule has 0 unspecified atom stereocenters. The van der Waals surface area contributed by atoms with Gasteiger partial charge in [-0.25, -0.2) is 4.39 Å². The van der Waals surface area contributed by atoms with Crippen molar-refractivity contribution in [1.29, 1.82) is 0 Å². The molecular weight excluding hydrogens is 419 g/mol. The van der Waals surface area contributed by atoms with Gasteiger partial charge in [0.15, 0.2) is 11.6 Å². The summed E-state index contributed by atoms with van der Waals surface area (Å²) in [6.45, 7) is 8.18. The molecule has 0 spiro atoms. The van der Waals surface area contributed by atoms with E-state index in [2.05, 4.69) is 32.1 Å². The number of nitrogens with one attached hydrogen (secondary N) is 1. The molecule has 0 bridgehead atoms. The van der Waals surface area contributed by atoms with Crippen LogP contribution in [0, 0.1) is 5.82 Å². The Morgan fingerprint density at radius 2 is 1.70 bits per heavy atom. The largest absolute Gasteiger partial charge is 0.494 e. The first-order valence-electron chi connectivity index (χ1n) is 12.0. The van der Waals surface area contributed by atoms with Crippen molar-refractivity contribution in [2.45, 2.75) is 38.8 Å². The molecule has 33 heavy (non-hydrogen) atoms. The summed E-state index contributed by atoms with van der Waals surface area (Å²) < 4.78 is 19.0. The van der Waals surface area contributed by atoms with Crippen LogP contribution in [0.3, 0.4) is 0 Å². The molecule has 0 saturated carbocycles. The van der Waals surface area contributed by atoms with Crippen molar-refractivity contribution in [3.05, 3.63) is 53.8 Å². The van der Waals surface area contributed by atoms with E-state index in [-0.39, 0.29) is 23.5 Å². The van der Waals surface area contributed by atoms with Crippen LogP contribution in [0.1, 0.15) is 31.7 Å². The lowest BCUT2D eigenvalue weighted by Gasteiger charge is -2.37. The number of benzene rings is 2. The molecule has 1 amide bonds. The van der Waals surface area contributed by atoms with Crippen molar-refractivity contribution in [1.82, 2.24) is 9.80 Å². The zero-order chi connectivity index (χ0) is 23.2. The van der Waals surface area contributed by atoms with Gasteiger partial charge in [0.1, 0.15) is 0 Å². The Morgan fingerprint density at radius 3 is 2.33 bits per heavy atom. The maximum absolute atomic E-state index is 14.0. The summed E-state index contributed by atoms with van der Waals surface area (Å²) in [5, 5.41) is 3.07. The highest BCUT2D eigenvalue weighted by molar-refractivity contribution is 5.94. The van der Waals surface area contributed by atoms with Crippen molar-refractivity contribution in [2.24, 2.45) is 0 Å².